The van der Waals surface area contributed by atoms with E-state index in [2.05, 4.69) is 4.98 Å². The van der Waals surface area contributed by atoms with Crippen LogP contribution < -0.4 is 5.73 Å². The lowest BCUT2D eigenvalue weighted by atomic mass is 9.83. The molecule has 0 saturated carbocycles. The summed E-state index contributed by atoms with van der Waals surface area (Å²) in [6.45, 7) is 1.40. The standard InChI is InChI=1S/C13H19ClN2O2/c1-17-13(3-6-18-7-4-13)12(15)8-10-2-5-16-9-11(10)14/h2,5,9,12H,3-4,6-8,15H2,1H3. The van der Waals surface area contributed by atoms with Crippen LogP contribution >= 0.6 is 11.6 Å². The molecule has 4 nitrogen and oxygen atoms in total. The number of rotatable bonds is 4. The average molecular weight is 271 g/mol. The third-order valence-corrected chi connectivity index (χ3v) is 4.06. The minimum Gasteiger partial charge on any atom is -0.381 e. The maximum absolute atomic E-state index is 6.34. The van der Waals surface area contributed by atoms with Gasteiger partial charge in [-0.25, -0.2) is 0 Å². The van der Waals surface area contributed by atoms with Crippen LogP contribution in [0.3, 0.4) is 0 Å². The Morgan fingerprint density at radius 1 is 1.56 bits per heavy atom. The predicted octanol–water partition coefficient (Wildman–Crippen LogP) is 1.80. The van der Waals surface area contributed by atoms with Gasteiger partial charge in [0.1, 0.15) is 0 Å². The summed E-state index contributed by atoms with van der Waals surface area (Å²) < 4.78 is 11.1. The Hall–Kier alpha value is -0.680. The average Bonchev–Trinajstić information content (AvgIpc) is 2.42. The quantitative estimate of drug-likeness (QED) is 0.906. The Labute approximate surface area is 112 Å². The Kier molecular flexibility index (Phi) is 4.56. The highest BCUT2D eigenvalue weighted by atomic mass is 35.5. The Balaban J connectivity index is 2.10. The van der Waals surface area contributed by atoms with Crippen LogP contribution in [0.15, 0.2) is 18.5 Å². The Morgan fingerprint density at radius 3 is 2.89 bits per heavy atom. The Morgan fingerprint density at radius 2 is 2.28 bits per heavy atom. The van der Waals surface area contributed by atoms with Crippen molar-refractivity contribution in [3.8, 4) is 0 Å². The number of ether oxygens (including phenoxy) is 2. The van der Waals surface area contributed by atoms with Gasteiger partial charge in [-0.05, 0) is 18.1 Å². The number of nitrogens with zero attached hydrogens (tertiary/aromatic N) is 1. The maximum Gasteiger partial charge on any atom is 0.0875 e. The van der Waals surface area contributed by atoms with E-state index in [1.54, 1.807) is 19.5 Å². The topological polar surface area (TPSA) is 57.4 Å². The van der Waals surface area contributed by atoms with Crippen LogP contribution in [-0.4, -0.2) is 37.0 Å². The zero-order valence-electron chi connectivity index (χ0n) is 10.6. The lowest BCUT2D eigenvalue weighted by Gasteiger charge is -2.40. The van der Waals surface area contributed by atoms with Crippen LogP contribution in [0, 0.1) is 0 Å². The summed E-state index contributed by atoms with van der Waals surface area (Å²) in [5.41, 5.74) is 7.05. The third kappa shape index (κ3) is 2.83. The number of nitrogens with two attached hydrogens (primary N) is 1. The molecular weight excluding hydrogens is 252 g/mol. The van der Waals surface area contributed by atoms with Gasteiger partial charge >= 0.3 is 0 Å². The number of aromatic nitrogens is 1. The van der Waals surface area contributed by atoms with Crippen molar-refractivity contribution >= 4 is 11.6 Å². The SMILES string of the molecule is COC1(C(N)Cc2ccncc2Cl)CCOCC1. The highest BCUT2D eigenvalue weighted by Gasteiger charge is 2.38. The van der Waals surface area contributed by atoms with E-state index >= 15 is 0 Å². The minimum atomic E-state index is -0.301. The van der Waals surface area contributed by atoms with Crippen LogP contribution in [0.5, 0.6) is 0 Å². The van der Waals surface area contributed by atoms with Gasteiger partial charge < -0.3 is 15.2 Å². The number of pyridine rings is 1. The van der Waals surface area contributed by atoms with Crippen molar-refractivity contribution in [1.82, 2.24) is 4.98 Å². The third-order valence-electron chi connectivity index (χ3n) is 3.72. The van der Waals surface area contributed by atoms with Crippen molar-refractivity contribution in [1.29, 1.82) is 0 Å². The molecule has 0 aromatic carbocycles. The number of halogens is 1. The fraction of sp³-hybridized carbons (Fsp3) is 0.615. The molecule has 2 heterocycles. The van der Waals surface area contributed by atoms with E-state index in [1.165, 1.54) is 0 Å². The van der Waals surface area contributed by atoms with Crippen molar-refractivity contribution in [3.05, 3.63) is 29.0 Å². The van der Waals surface area contributed by atoms with Crippen LogP contribution in [-0.2, 0) is 15.9 Å². The molecule has 0 bridgehead atoms. The van der Waals surface area contributed by atoms with E-state index in [0.717, 1.165) is 18.4 Å². The molecule has 1 atom stereocenters. The maximum atomic E-state index is 6.34. The predicted molar refractivity (Wildman–Crippen MR) is 70.7 cm³/mol. The minimum absolute atomic E-state index is 0.0914. The van der Waals surface area contributed by atoms with Crippen LogP contribution in [0.2, 0.25) is 5.02 Å². The first-order chi connectivity index (χ1) is 8.68. The summed E-state index contributed by atoms with van der Waals surface area (Å²) in [4.78, 5) is 3.98. The van der Waals surface area contributed by atoms with E-state index in [-0.39, 0.29) is 11.6 Å². The van der Waals surface area contributed by atoms with Crippen molar-refractivity contribution in [2.24, 2.45) is 5.73 Å². The zero-order valence-corrected chi connectivity index (χ0v) is 11.3. The summed E-state index contributed by atoms with van der Waals surface area (Å²) in [7, 11) is 1.72. The summed E-state index contributed by atoms with van der Waals surface area (Å²) in [5.74, 6) is 0. The molecule has 1 aliphatic rings. The fourth-order valence-electron chi connectivity index (χ4n) is 2.44. The van der Waals surface area contributed by atoms with Gasteiger partial charge in [0, 0.05) is 51.6 Å². The normalized spacial score (nSPS) is 20.6. The second kappa shape index (κ2) is 5.97. The van der Waals surface area contributed by atoms with Gasteiger partial charge in [0.25, 0.3) is 0 Å². The van der Waals surface area contributed by atoms with Crippen molar-refractivity contribution in [2.75, 3.05) is 20.3 Å². The number of methoxy groups -OCH3 is 1. The lowest BCUT2D eigenvalue weighted by molar-refractivity contribution is -0.103. The first kappa shape index (κ1) is 13.7. The summed E-state index contributed by atoms with van der Waals surface area (Å²) in [5, 5.41) is 0.659. The molecular formula is C13H19ClN2O2. The van der Waals surface area contributed by atoms with Gasteiger partial charge in [-0.1, -0.05) is 11.6 Å². The molecule has 0 amide bonds. The first-order valence-electron chi connectivity index (χ1n) is 6.15. The summed E-state index contributed by atoms with van der Waals surface area (Å²) in [6.07, 6.45) is 5.72. The number of hydrogen-bond donors (Lipinski definition) is 1. The largest absolute Gasteiger partial charge is 0.381 e. The fourth-order valence-corrected chi connectivity index (χ4v) is 2.63. The van der Waals surface area contributed by atoms with Crippen LogP contribution in [0.4, 0.5) is 0 Å². The van der Waals surface area contributed by atoms with E-state index in [1.807, 2.05) is 6.07 Å². The molecule has 2 N–H and O–H groups in total. The van der Waals surface area contributed by atoms with Crippen LogP contribution in [0.25, 0.3) is 0 Å². The molecule has 1 unspecified atom stereocenters. The van der Waals surface area contributed by atoms with Gasteiger partial charge in [0.15, 0.2) is 0 Å². The molecule has 100 valence electrons. The smallest absolute Gasteiger partial charge is 0.0875 e. The van der Waals surface area contributed by atoms with Gasteiger partial charge in [-0.15, -0.1) is 0 Å². The van der Waals surface area contributed by atoms with Gasteiger partial charge in [0.05, 0.1) is 10.6 Å². The van der Waals surface area contributed by atoms with Crippen molar-refractivity contribution in [3.63, 3.8) is 0 Å². The molecule has 0 spiro atoms. The zero-order chi connectivity index (χ0) is 13.0. The van der Waals surface area contributed by atoms with E-state index in [0.29, 0.717) is 24.7 Å². The number of hydrogen-bond acceptors (Lipinski definition) is 4. The molecule has 1 aromatic heterocycles. The van der Waals surface area contributed by atoms with E-state index < -0.39 is 0 Å². The molecule has 1 saturated heterocycles. The second-order valence-electron chi connectivity index (χ2n) is 4.66. The van der Waals surface area contributed by atoms with Crippen LogP contribution in [0.1, 0.15) is 18.4 Å². The van der Waals surface area contributed by atoms with Crippen molar-refractivity contribution < 1.29 is 9.47 Å². The second-order valence-corrected chi connectivity index (χ2v) is 5.07. The molecule has 1 aromatic rings. The lowest BCUT2D eigenvalue weighted by Crippen LogP contribution is -2.53. The molecule has 1 aliphatic heterocycles. The highest BCUT2D eigenvalue weighted by Crippen LogP contribution is 2.30. The summed E-state index contributed by atoms with van der Waals surface area (Å²) >= 11 is 6.11. The van der Waals surface area contributed by atoms with E-state index in [4.69, 9.17) is 26.8 Å². The Bertz CT molecular complexity index is 394. The molecule has 0 aliphatic carbocycles. The molecule has 18 heavy (non-hydrogen) atoms. The van der Waals surface area contributed by atoms with E-state index in [9.17, 15) is 0 Å². The molecule has 1 fully saturated rings. The molecule has 5 heteroatoms. The van der Waals surface area contributed by atoms with Crippen molar-refractivity contribution in [2.45, 2.75) is 30.9 Å². The monoisotopic (exact) mass is 270 g/mol. The van der Waals surface area contributed by atoms with Gasteiger partial charge in [0.2, 0.25) is 0 Å². The summed E-state index contributed by atoms with van der Waals surface area (Å²) in [6, 6.07) is 1.82. The van der Waals surface area contributed by atoms with Gasteiger partial charge in [-0.3, -0.25) is 4.98 Å². The molecule has 0 radical (unpaired) electrons. The highest BCUT2D eigenvalue weighted by molar-refractivity contribution is 6.31. The molecule has 2 rings (SSSR count). The first-order valence-corrected chi connectivity index (χ1v) is 6.52. The van der Waals surface area contributed by atoms with Gasteiger partial charge in [-0.2, -0.15) is 0 Å².